The molecule has 1 N–H and O–H groups in total. The molecule has 0 radical (unpaired) electrons. The highest BCUT2D eigenvalue weighted by Gasteiger charge is 2.49. The van der Waals surface area contributed by atoms with Crippen molar-refractivity contribution >= 4 is 11.6 Å². The number of hydrogen-bond acceptors (Lipinski definition) is 5. The van der Waals surface area contributed by atoms with Crippen LogP contribution in [0.2, 0.25) is 0 Å². The van der Waals surface area contributed by atoms with Crippen LogP contribution in [0.3, 0.4) is 0 Å². The van der Waals surface area contributed by atoms with E-state index in [1.54, 1.807) is 14.2 Å². The van der Waals surface area contributed by atoms with Crippen molar-refractivity contribution in [2.45, 2.75) is 44.1 Å². The van der Waals surface area contributed by atoms with E-state index >= 15 is 0 Å². The Morgan fingerprint density at radius 1 is 1.28 bits per heavy atom. The summed E-state index contributed by atoms with van der Waals surface area (Å²) in [7, 11) is 5.51. The van der Waals surface area contributed by atoms with Crippen LogP contribution in [0.25, 0.3) is 0 Å². The monoisotopic (exact) mass is 345 g/mol. The highest BCUT2D eigenvalue weighted by molar-refractivity contribution is 5.88. The van der Waals surface area contributed by atoms with Crippen LogP contribution in [0.5, 0.6) is 11.5 Å². The van der Waals surface area contributed by atoms with Crippen molar-refractivity contribution in [1.82, 2.24) is 10.3 Å². The van der Waals surface area contributed by atoms with E-state index in [0.29, 0.717) is 6.04 Å². The zero-order chi connectivity index (χ0) is 18.0. The normalized spacial score (nSPS) is 27.8. The van der Waals surface area contributed by atoms with Gasteiger partial charge in [0.05, 0.1) is 14.2 Å². The van der Waals surface area contributed by atoms with Gasteiger partial charge in [-0.3, -0.25) is 4.79 Å². The largest absolute Gasteiger partial charge is 0.493 e. The summed E-state index contributed by atoms with van der Waals surface area (Å²) in [5, 5.41) is 4.31. The number of nitrogens with one attached hydrogen (secondary N) is 1. The molecule has 2 fully saturated rings. The van der Waals surface area contributed by atoms with Gasteiger partial charge in [-0.05, 0) is 50.6 Å². The minimum atomic E-state index is -0.121. The van der Waals surface area contributed by atoms with E-state index in [2.05, 4.69) is 34.6 Å². The first kappa shape index (κ1) is 17.7. The molecule has 1 heterocycles. The van der Waals surface area contributed by atoms with Crippen molar-refractivity contribution in [3.63, 3.8) is 0 Å². The smallest absolute Gasteiger partial charge is 0.236 e. The van der Waals surface area contributed by atoms with Crippen LogP contribution in [0.1, 0.15) is 38.2 Å². The van der Waals surface area contributed by atoms with Crippen LogP contribution in [-0.4, -0.2) is 50.4 Å². The average Bonchev–Trinajstić information content (AvgIpc) is 2.97. The lowest BCUT2D eigenvalue weighted by atomic mass is 9.65. The van der Waals surface area contributed by atoms with E-state index in [-0.39, 0.29) is 11.3 Å². The van der Waals surface area contributed by atoms with E-state index in [1.165, 1.54) is 12.5 Å². The molecule has 2 aliphatic rings. The molecule has 2 atom stereocenters. The van der Waals surface area contributed by atoms with Gasteiger partial charge < -0.3 is 14.4 Å². The lowest BCUT2D eigenvalue weighted by molar-refractivity contribution is -0.118. The zero-order valence-corrected chi connectivity index (χ0v) is 15.5. The van der Waals surface area contributed by atoms with Crippen LogP contribution in [-0.2, 0) is 10.2 Å². The van der Waals surface area contributed by atoms with Gasteiger partial charge in [0.2, 0.25) is 5.91 Å². The molecule has 0 spiro atoms. The van der Waals surface area contributed by atoms with E-state index in [0.717, 1.165) is 49.4 Å². The Bertz CT molecular complexity index is 688. The number of methoxy groups -OCH3 is 2. The second-order valence-electron chi connectivity index (χ2n) is 7.02. The molecule has 1 amide bonds. The predicted octanol–water partition coefficient (Wildman–Crippen LogP) is 2.32. The average molecular weight is 345 g/mol. The molecule has 1 saturated heterocycles. The van der Waals surface area contributed by atoms with Gasteiger partial charge in [-0.1, -0.05) is 6.07 Å². The van der Waals surface area contributed by atoms with Crippen molar-refractivity contribution < 1.29 is 14.3 Å². The third-order valence-corrected chi connectivity index (χ3v) is 5.70. The molecule has 1 aliphatic heterocycles. The van der Waals surface area contributed by atoms with Crippen LogP contribution < -0.4 is 14.9 Å². The number of rotatable bonds is 4. The Balaban J connectivity index is 1.92. The highest BCUT2D eigenvalue weighted by Crippen LogP contribution is 2.49. The number of hydrogen-bond donors (Lipinski definition) is 1. The molecule has 25 heavy (non-hydrogen) atoms. The van der Waals surface area contributed by atoms with E-state index in [1.807, 2.05) is 6.07 Å². The Labute approximate surface area is 149 Å². The molecule has 136 valence electrons. The fourth-order valence-corrected chi connectivity index (χ4v) is 4.34. The molecule has 3 rings (SSSR count). The van der Waals surface area contributed by atoms with Gasteiger partial charge in [-0.2, -0.15) is 5.10 Å². The number of carbonyl (C=O) groups excluding carboxylic acids is 1. The van der Waals surface area contributed by atoms with Crippen molar-refractivity contribution in [3.8, 4) is 11.5 Å². The Morgan fingerprint density at radius 2 is 2.04 bits per heavy atom. The number of ether oxygens (including phenoxy) is 2. The third-order valence-electron chi connectivity index (χ3n) is 5.70. The van der Waals surface area contributed by atoms with Crippen LogP contribution >= 0.6 is 0 Å². The standard InChI is InChI=1S/C19H27N3O3/c1-13(23)20-21-15-7-8-19(9-10-22(2)18(19)12-15)14-5-6-16(24-3)17(11-14)25-4/h5-6,11,18H,7-10,12H2,1-4H3,(H,20,23)/t18-,19-/m0/s1. The van der Waals surface area contributed by atoms with E-state index in [4.69, 9.17) is 9.47 Å². The fourth-order valence-electron chi connectivity index (χ4n) is 4.34. The van der Waals surface area contributed by atoms with Gasteiger partial charge in [0.1, 0.15) is 0 Å². The molecule has 1 aromatic carbocycles. The van der Waals surface area contributed by atoms with Crippen LogP contribution in [0.4, 0.5) is 0 Å². The number of fused-ring (bicyclic) bond motifs is 1. The molecule has 1 aromatic rings. The number of benzene rings is 1. The summed E-state index contributed by atoms with van der Waals surface area (Å²) in [6.45, 7) is 2.55. The maximum atomic E-state index is 11.1. The fraction of sp³-hybridized carbons (Fsp3) is 0.579. The molecule has 0 aromatic heterocycles. The second-order valence-corrected chi connectivity index (χ2v) is 7.02. The van der Waals surface area contributed by atoms with Crippen molar-refractivity contribution in [1.29, 1.82) is 0 Å². The summed E-state index contributed by atoms with van der Waals surface area (Å²) in [6.07, 6.45) is 3.93. The Kier molecular flexibility index (Phi) is 4.99. The van der Waals surface area contributed by atoms with Gasteiger partial charge in [0.15, 0.2) is 11.5 Å². The van der Waals surface area contributed by atoms with Gasteiger partial charge in [0.25, 0.3) is 0 Å². The number of hydrazone groups is 1. The molecule has 0 unspecified atom stereocenters. The van der Waals surface area contributed by atoms with Crippen molar-refractivity contribution in [2.24, 2.45) is 5.10 Å². The first-order chi connectivity index (χ1) is 12.0. The zero-order valence-electron chi connectivity index (χ0n) is 15.5. The second kappa shape index (κ2) is 7.04. The van der Waals surface area contributed by atoms with Gasteiger partial charge in [-0.25, -0.2) is 5.43 Å². The molecule has 6 nitrogen and oxygen atoms in total. The summed E-state index contributed by atoms with van der Waals surface area (Å²) in [5.74, 6) is 1.42. The van der Waals surface area contributed by atoms with E-state index in [9.17, 15) is 4.79 Å². The van der Waals surface area contributed by atoms with Gasteiger partial charge in [0, 0.05) is 30.5 Å². The SMILES string of the molecule is COc1ccc([C@@]23CCC(=NNC(C)=O)C[C@@H]2N(C)CC3)cc1OC. The summed E-state index contributed by atoms with van der Waals surface area (Å²) in [6, 6.07) is 6.68. The molecular weight excluding hydrogens is 318 g/mol. The summed E-state index contributed by atoms with van der Waals surface area (Å²) >= 11 is 0. The van der Waals surface area contributed by atoms with Crippen molar-refractivity contribution in [2.75, 3.05) is 27.8 Å². The van der Waals surface area contributed by atoms with Gasteiger partial charge >= 0.3 is 0 Å². The number of likely N-dealkylation sites (tertiary alicyclic amines) is 1. The minimum absolute atomic E-state index is 0.101. The quantitative estimate of drug-likeness (QED) is 0.851. The maximum Gasteiger partial charge on any atom is 0.236 e. The lowest BCUT2D eigenvalue weighted by Gasteiger charge is -2.42. The molecule has 1 saturated carbocycles. The van der Waals surface area contributed by atoms with Crippen LogP contribution in [0, 0.1) is 0 Å². The molecule has 6 heteroatoms. The lowest BCUT2D eigenvalue weighted by Crippen LogP contribution is -2.46. The van der Waals surface area contributed by atoms with E-state index < -0.39 is 0 Å². The third kappa shape index (κ3) is 3.23. The maximum absolute atomic E-state index is 11.1. The molecule has 0 bridgehead atoms. The first-order valence-electron chi connectivity index (χ1n) is 8.75. The minimum Gasteiger partial charge on any atom is -0.493 e. The summed E-state index contributed by atoms with van der Waals surface area (Å²) < 4.78 is 10.9. The molecular formula is C19H27N3O3. The number of nitrogens with zero attached hydrogens (tertiary/aromatic N) is 2. The Hall–Kier alpha value is -2.08. The summed E-state index contributed by atoms with van der Waals surface area (Å²) in [4.78, 5) is 13.6. The highest BCUT2D eigenvalue weighted by atomic mass is 16.5. The number of carbonyl (C=O) groups is 1. The van der Waals surface area contributed by atoms with Crippen LogP contribution in [0.15, 0.2) is 23.3 Å². The first-order valence-corrected chi connectivity index (χ1v) is 8.75. The number of amides is 1. The predicted molar refractivity (Wildman–Crippen MR) is 97.4 cm³/mol. The Morgan fingerprint density at radius 3 is 2.72 bits per heavy atom. The topological polar surface area (TPSA) is 63.2 Å². The summed E-state index contributed by atoms with van der Waals surface area (Å²) in [5.41, 5.74) is 5.07. The van der Waals surface area contributed by atoms with Crippen molar-refractivity contribution in [3.05, 3.63) is 23.8 Å². The molecule has 1 aliphatic carbocycles. The van der Waals surface area contributed by atoms with Gasteiger partial charge in [-0.15, -0.1) is 0 Å². The number of likely N-dealkylation sites (N-methyl/N-ethyl adjacent to an activating group) is 1.